The van der Waals surface area contributed by atoms with Gasteiger partial charge in [-0.25, -0.2) is 0 Å². The monoisotopic (exact) mass is 287 g/mol. The summed E-state index contributed by atoms with van der Waals surface area (Å²) in [7, 11) is 0. The van der Waals surface area contributed by atoms with Crippen LogP contribution >= 0.6 is 0 Å². The standard InChI is InChI=1S/C18H25NO2/c1-14-8-10-17(11-9-14)21-15(2)18(20)19-13-12-16-6-4-3-5-7-16/h6,8-11,15H,3-5,7,12-13H2,1-2H3,(H,19,20)/t15-/m1/s1. The maximum absolute atomic E-state index is 12.0. The lowest BCUT2D eigenvalue weighted by atomic mass is 9.97. The number of amides is 1. The molecule has 0 bridgehead atoms. The van der Waals surface area contributed by atoms with E-state index < -0.39 is 6.10 Å². The van der Waals surface area contributed by atoms with Crippen LogP contribution in [-0.2, 0) is 4.79 Å². The molecule has 0 heterocycles. The first-order chi connectivity index (χ1) is 10.1. The molecule has 0 aromatic heterocycles. The van der Waals surface area contributed by atoms with Gasteiger partial charge in [-0.2, -0.15) is 0 Å². The molecule has 0 saturated carbocycles. The molecule has 1 aliphatic rings. The summed E-state index contributed by atoms with van der Waals surface area (Å²) in [5, 5.41) is 2.96. The van der Waals surface area contributed by atoms with E-state index in [1.54, 1.807) is 6.92 Å². The number of nitrogens with one attached hydrogen (secondary N) is 1. The molecule has 0 fully saturated rings. The summed E-state index contributed by atoms with van der Waals surface area (Å²) >= 11 is 0. The molecule has 1 aliphatic carbocycles. The van der Waals surface area contributed by atoms with Crippen molar-refractivity contribution in [1.82, 2.24) is 5.32 Å². The number of aryl methyl sites for hydroxylation is 1. The van der Waals surface area contributed by atoms with Crippen molar-refractivity contribution >= 4 is 5.91 Å². The minimum Gasteiger partial charge on any atom is -0.481 e. The first-order valence-electron chi connectivity index (χ1n) is 7.84. The Morgan fingerprint density at radius 3 is 2.71 bits per heavy atom. The Balaban J connectivity index is 1.72. The SMILES string of the molecule is Cc1ccc(O[C@H](C)C(=O)NCCC2=CCCCC2)cc1. The average molecular weight is 287 g/mol. The fraction of sp³-hybridized carbons (Fsp3) is 0.500. The molecule has 1 atom stereocenters. The zero-order chi connectivity index (χ0) is 15.1. The van der Waals surface area contributed by atoms with Crippen molar-refractivity contribution in [2.45, 2.75) is 52.1 Å². The normalized spacial score (nSPS) is 16.0. The average Bonchev–Trinajstić information content (AvgIpc) is 2.50. The fourth-order valence-corrected chi connectivity index (χ4v) is 2.50. The first-order valence-corrected chi connectivity index (χ1v) is 7.84. The van der Waals surface area contributed by atoms with Gasteiger partial charge >= 0.3 is 0 Å². The van der Waals surface area contributed by atoms with E-state index in [1.807, 2.05) is 31.2 Å². The maximum Gasteiger partial charge on any atom is 0.260 e. The molecule has 114 valence electrons. The van der Waals surface area contributed by atoms with Gasteiger partial charge in [-0.15, -0.1) is 0 Å². The van der Waals surface area contributed by atoms with Crippen LogP contribution in [0, 0.1) is 6.92 Å². The summed E-state index contributed by atoms with van der Waals surface area (Å²) in [6, 6.07) is 7.75. The largest absolute Gasteiger partial charge is 0.481 e. The smallest absolute Gasteiger partial charge is 0.260 e. The van der Waals surface area contributed by atoms with E-state index in [-0.39, 0.29) is 5.91 Å². The highest BCUT2D eigenvalue weighted by Gasteiger charge is 2.14. The summed E-state index contributed by atoms with van der Waals surface area (Å²) < 4.78 is 5.65. The van der Waals surface area contributed by atoms with Gasteiger partial charge in [-0.3, -0.25) is 4.79 Å². The van der Waals surface area contributed by atoms with Gasteiger partial charge in [-0.05, 0) is 58.1 Å². The van der Waals surface area contributed by atoms with E-state index >= 15 is 0 Å². The molecule has 1 aromatic carbocycles. The van der Waals surface area contributed by atoms with Gasteiger partial charge in [0.15, 0.2) is 6.10 Å². The second-order valence-electron chi connectivity index (χ2n) is 5.72. The molecular formula is C18H25NO2. The molecule has 0 radical (unpaired) electrons. The first kappa shape index (κ1) is 15.6. The van der Waals surface area contributed by atoms with Crippen LogP contribution in [0.1, 0.15) is 44.6 Å². The molecule has 0 aliphatic heterocycles. The van der Waals surface area contributed by atoms with Crippen molar-refractivity contribution in [3.05, 3.63) is 41.5 Å². The summed E-state index contributed by atoms with van der Waals surface area (Å²) in [5.41, 5.74) is 2.66. The van der Waals surface area contributed by atoms with Gasteiger partial charge in [0.25, 0.3) is 5.91 Å². The van der Waals surface area contributed by atoms with Crippen LogP contribution in [-0.4, -0.2) is 18.6 Å². The molecule has 1 aromatic rings. The lowest BCUT2D eigenvalue weighted by molar-refractivity contribution is -0.127. The third-order valence-electron chi connectivity index (χ3n) is 3.83. The number of hydrogen-bond acceptors (Lipinski definition) is 2. The molecule has 1 amide bonds. The van der Waals surface area contributed by atoms with E-state index in [9.17, 15) is 4.79 Å². The van der Waals surface area contributed by atoms with Gasteiger partial charge in [0.05, 0.1) is 0 Å². The van der Waals surface area contributed by atoms with Crippen LogP contribution in [0.4, 0.5) is 0 Å². The number of benzene rings is 1. The van der Waals surface area contributed by atoms with Crippen molar-refractivity contribution in [2.24, 2.45) is 0 Å². The quantitative estimate of drug-likeness (QED) is 0.809. The number of allylic oxidation sites excluding steroid dienone is 1. The van der Waals surface area contributed by atoms with Crippen molar-refractivity contribution in [3.63, 3.8) is 0 Å². The van der Waals surface area contributed by atoms with Crippen LogP contribution in [0.2, 0.25) is 0 Å². The fourth-order valence-electron chi connectivity index (χ4n) is 2.50. The third-order valence-corrected chi connectivity index (χ3v) is 3.83. The number of ether oxygens (including phenoxy) is 1. The van der Waals surface area contributed by atoms with E-state index in [0.717, 1.165) is 12.2 Å². The van der Waals surface area contributed by atoms with Gasteiger partial charge in [0.2, 0.25) is 0 Å². The van der Waals surface area contributed by atoms with E-state index in [1.165, 1.54) is 36.8 Å². The number of hydrogen-bond donors (Lipinski definition) is 1. The lowest BCUT2D eigenvalue weighted by Gasteiger charge is -2.16. The van der Waals surface area contributed by atoms with Crippen LogP contribution < -0.4 is 10.1 Å². The van der Waals surface area contributed by atoms with Crippen LogP contribution in [0.5, 0.6) is 5.75 Å². The number of carbonyl (C=O) groups is 1. The van der Waals surface area contributed by atoms with E-state index in [0.29, 0.717) is 6.54 Å². The van der Waals surface area contributed by atoms with Crippen molar-refractivity contribution in [3.8, 4) is 5.75 Å². The Kier molecular flexibility index (Phi) is 5.85. The molecule has 21 heavy (non-hydrogen) atoms. The number of rotatable bonds is 6. The van der Waals surface area contributed by atoms with E-state index in [4.69, 9.17) is 4.74 Å². The molecule has 3 heteroatoms. The minimum atomic E-state index is -0.465. The Morgan fingerprint density at radius 1 is 1.29 bits per heavy atom. The Morgan fingerprint density at radius 2 is 2.05 bits per heavy atom. The molecule has 0 spiro atoms. The number of carbonyl (C=O) groups excluding carboxylic acids is 1. The summed E-state index contributed by atoms with van der Waals surface area (Å²) in [6.45, 7) is 4.52. The molecule has 2 rings (SSSR count). The Hall–Kier alpha value is -1.77. The summed E-state index contributed by atoms with van der Waals surface area (Å²) in [6.07, 6.45) is 7.78. The van der Waals surface area contributed by atoms with Gasteiger partial charge < -0.3 is 10.1 Å². The predicted molar refractivity (Wildman–Crippen MR) is 85.4 cm³/mol. The highest BCUT2D eigenvalue weighted by Crippen LogP contribution is 2.19. The van der Waals surface area contributed by atoms with Gasteiger partial charge in [-0.1, -0.05) is 29.3 Å². The minimum absolute atomic E-state index is 0.0491. The summed E-state index contributed by atoms with van der Waals surface area (Å²) in [5.74, 6) is 0.685. The van der Waals surface area contributed by atoms with Crippen LogP contribution in [0.15, 0.2) is 35.9 Å². The second kappa shape index (κ2) is 7.87. The lowest BCUT2D eigenvalue weighted by Crippen LogP contribution is -2.36. The Labute approximate surface area is 127 Å². The summed E-state index contributed by atoms with van der Waals surface area (Å²) in [4.78, 5) is 12.0. The van der Waals surface area contributed by atoms with Crippen molar-refractivity contribution in [2.75, 3.05) is 6.54 Å². The second-order valence-corrected chi connectivity index (χ2v) is 5.72. The molecule has 0 unspecified atom stereocenters. The zero-order valence-electron chi connectivity index (χ0n) is 13.0. The maximum atomic E-state index is 12.0. The molecule has 3 nitrogen and oxygen atoms in total. The highest BCUT2D eigenvalue weighted by atomic mass is 16.5. The Bertz CT molecular complexity index is 490. The predicted octanol–water partition coefficient (Wildman–Crippen LogP) is 3.77. The highest BCUT2D eigenvalue weighted by molar-refractivity contribution is 5.80. The molecule has 1 N–H and O–H groups in total. The van der Waals surface area contributed by atoms with Crippen molar-refractivity contribution < 1.29 is 9.53 Å². The zero-order valence-corrected chi connectivity index (χ0v) is 13.0. The topological polar surface area (TPSA) is 38.3 Å². The molecule has 0 saturated heterocycles. The van der Waals surface area contributed by atoms with Crippen molar-refractivity contribution in [1.29, 1.82) is 0 Å². The van der Waals surface area contributed by atoms with Gasteiger partial charge in [0, 0.05) is 6.54 Å². The molecular weight excluding hydrogens is 262 g/mol. The van der Waals surface area contributed by atoms with Crippen LogP contribution in [0.25, 0.3) is 0 Å². The van der Waals surface area contributed by atoms with E-state index in [2.05, 4.69) is 11.4 Å². The van der Waals surface area contributed by atoms with Gasteiger partial charge in [0.1, 0.15) is 5.75 Å². The third kappa shape index (κ3) is 5.25. The van der Waals surface area contributed by atoms with Crippen LogP contribution in [0.3, 0.4) is 0 Å².